The van der Waals surface area contributed by atoms with Crippen molar-refractivity contribution in [2.45, 2.75) is 45.6 Å². The molecule has 8 heteroatoms. The molecule has 0 spiro atoms. The first-order chi connectivity index (χ1) is 18.8. The summed E-state index contributed by atoms with van der Waals surface area (Å²) in [7, 11) is 0. The first-order valence-electron chi connectivity index (χ1n) is 12.8. The quantitative estimate of drug-likeness (QED) is 0.277. The second kappa shape index (κ2) is 16.6. The Bertz CT molecular complexity index is 1240. The van der Waals surface area contributed by atoms with Crippen LogP contribution in [-0.4, -0.2) is 33.6 Å². The summed E-state index contributed by atoms with van der Waals surface area (Å²) in [6.07, 6.45) is 11.2. The minimum Gasteiger partial charge on any atom is -0.481 e. The second-order valence-electron chi connectivity index (χ2n) is 8.86. The average Bonchev–Trinajstić information content (AvgIpc) is 2.93. The summed E-state index contributed by atoms with van der Waals surface area (Å²) < 4.78 is 26.2. The Kier molecular flexibility index (Phi) is 13.2. The van der Waals surface area contributed by atoms with Crippen LogP contribution in [-0.2, 0) is 11.2 Å². The number of halogens is 2. The molecule has 2 unspecified atom stereocenters. The highest BCUT2D eigenvalue weighted by molar-refractivity contribution is 5.94. The van der Waals surface area contributed by atoms with Crippen molar-refractivity contribution in [2.24, 2.45) is 5.92 Å². The highest BCUT2D eigenvalue weighted by Gasteiger charge is 2.15. The number of nitrogens with zero attached hydrogens (tertiary/aromatic N) is 2. The van der Waals surface area contributed by atoms with Crippen LogP contribution in [0.3, 0.4) is 0 Å². The van der Waals surface area contributed by atoms with Crippen LogP contribution < -0.4 is 5.32 Å². The molecule has 2 rings (SSSR count). The van der Waals surface area contributed by atoms with E-state index in [2.05, 4.69) is 21.9 Å². The van der Waals surface area contributed by atoms with Crippen LogP contribution >= 0.6 is 0 Å². The number of carbonyl (C=O) groups is 2. The van der Waals surface area contributed by atoms with Crippen LogP contribution in [0.1, 0.15) is 66.5 Å². The van der Waals surface area contributed by atoms with Crippen LogP contribution in [0.15, 0.2) is 85.7 Å². The van der Waals surface area contributed by atoms with E-state index in [9.17, 15) is 23.5 Å². The number of nitrogens with one attached hydrogen (secondary N) is 1. The number of amides is 1. The predicted molar refractivity (Wildman–Crippen MR) is 150 cm³/mol. The summed E-state index contributed by atoms with van der Waals surface area (Å²) in [6, 6.07) is 10.5. The lowest BCUT2D eigenvalue weighted by Crippen LogP contribution is -2.28. The molecule has 39 heavy (non-hydrogen) atoms. The number of aliphatic carboxylic acids is 1. The maximum atomic E-state index is 13.3. The van der Waals surface area contributed by atoms with Gasteiger partial charge in [0.1, 0.15) is 12.5 Å². The molecular formula is C31H35F2N3O3. The summed E-state index contributed by atoms with van der Waals surface area (Å²) in [6.45, 7) is 6.64. The van der Waals surface area contributed by atoms with Crippen molar-refractivity contribution in [3.8, 4) is 0 Å². The molecule has 0 aliphatic rings. The SMILES string of the molecule is C=CC=C(C=CCF)c1ncccc(C(=O)NC(CC)c2ccc(F)cc2)ccnc1CCCC(C)C(=O)O. The van der Waals surface area contributed by atoms with Crippen molar-refractivity contribution < 1.29 is 23.5 Å². The predicted octanol–water partition coefficient (Wildman–Crippen LogP) is 6.76. The summed E-state index contributed by atoms with van der Waals surface area (Å²) in [5.41, 5.74) is 2.78. The summed E-state index contributed by atoms with van der Waals surface area (Å²) in [5, 5.41) is 12.2. The highest BCUT2D eigenvalue weighted by atomic mass is 19.1. The number of aromatic nitrogens is 2. The Morgan fingerprint density at radius 1 is 1.13 bits per heavy atom. The van der Waals surface area contributed by atoms with Gasteiger partial charge in [0, 0.05) is 23.5 Å². The molecule has 1 amide bonds. The van der Waals surface area contributed by atoms with Gasteiger partial charge in [-0.3, -0.25) is 19.6 Å². The largest absolute Gasteiger partial charge is 0.481 e. The van der Waals surface area contributed by atoms with E-state index in [4.69, 9.17) is 0 Å². The number of carbonyl (C=O) groups excluding carboxylic acids is 1. The van der Waals surface area contributed by atoms with Gasteiger partial charge < -0.3 is 10.4 Å². The van der Waals surface area contributed by atoms with E-state index in [0.717, 1.165) is 5.56 Å². The van der Waals surface area contributed by atoms with Crippen molar-refractivity contribution in [1.29, 1.82) is 0 Å². The zero-order valence-electron chi connectivity index (χ0n) is 22.3. The standard InChI is InChI=1S/C31H35F2N3O3/c1-4-9-24(11-7-19-32)29-28(13-6-10-22(3)31(38)39)34-21-18-25(12-8-20-35-29)30(37)36-27(5-2)23-14-16-26(33)17-15-23/h4,7-9,11-12,14-18,20-22,27H,1,5-6,10,13,19H2,2-3H3,(H,36,37)(H,38,39). The molecule has 0 bridgehead atoms. The summed E-state index contributed by atoms with van der Waals surface area (Å²) >= 11 is 0. The van der Waals surface area contributed by atoms with Gasteiger partial charge in [-0.1, -0.05) is 56.9 Å². The number of alkyl halides is 1. The van der Waals surface area contributed by atoms with E-state index < -0.39 is 18.6 Å². The number of hydrogen-bond acceptors (Lipinski definition) is 4. The third kappa shape index (κ3) is 10.2. The first-order valence-corrected chi connectivity index (χ1v) is 12.8. The molecule has 0 saturated heterocycles. The number of rotatable bonds is 13. The van der Waals surface area contributed by atoms with Gasteiger partial charge in [0.25, 0.3) is 5.91 Å². The van der Waals surface area contributed by atoms with Gasteiger partial charge in [0.15, 0.2) is 0 Å². The molecule has 2 aromatic rings. The van der Waals surface area contributed by atoms with Gasteiger partial charge in [-0.05, 0) is 61.6 Å². The molecule has 1 aromatic heterocycles. The zero-order chi connectivity index (χ0) is 28.6. The first kappa shape index (κ1) is 31.0. The number of hydrogen-bond donors (Lipinski definition) is 2. The van der Waals surface area contributed by atoms with Gasteiger partial charge in [-0.15, -0.1) is 0 Å². The van der Waals surface area contributed by atoms with Crippen molar-refractivity contribution in [2.75, 3.05) is 6.67 Å². The van der Waals surface area contributed by atoms with E-state index in [-0.39, 0.29) is 17.8 Å². The topological polar surface area (TPSA) is 92.2 Å². The maximum absolute atomic E-state index is 13.3. The van der Waals surface area contributed by atoms with E-state index in [0.29, 0.717) is 48.2 Å². The third-order valence-corrected chi connectivity index (χ3v) is 6.00. The van der Waals surface area contributed by atoms with Crippen LogP contribution in [0.5, 0.6) is 0 Å². The number of benzene rings is 1. The van der Waals surface area contributed by atoms with Crippen LogP contribution in [0.2, 0.25) is 0 Å². The van der Waals surface area contributed by atoms with Crippen LogP contribution in [0.4, 0.5) is 8.78 Å². The van der Waals surface area contributed by atoms with Gasteiger partial charge >= 0.3 is 5.97 Å². The Hall–Kier alpha value is -4.20. The van der Waals surface area contributed by atoms with Crippen molar-refractivity contribution in [1.82, 2.24) is 15.3 Å². The molecule has 0 aliphatic carbocycles. The smallest absolute Gasteiger partial charge is 0.306 e. The highest BCUT2D eigenvalue weighted by Crippen LogP contribution is 2.20. The van der Waals surface area contributed by atoms with Crippen LogP contribution in [0.25, 0.3) is 5.57 Å². The number of carboxylic acid groups (broad SMARTS) is 1. The fraction of sp³-hybridized carbons (Fsp3) is 0.290. The Morgan fingerprint density at radius 2 is 1.87 bits per heavy atom. The van der Waals surface area contributed by atoms with Crippen molar-refractivity contribution in [3.63, 3.8) is 0 Å². The molecule has 1 heterocycles. The fourth-order valence-electron chi connectivity index (χ4n) is 3.81. The lowest BCUT2D eigenvalue weighted by Gasteiger charge is -2.17. The minimum atomic E-state index is -0.871. The fourth-order valence-corrected chi connectivity index (χ4v) is 3.81. The van der Waals surface area contributed by atoms with Gasteiger partial charge in [-0.25, -0.2) is 8.78 Å². The number of allylic oxidation sites excluding steroid dienone is 5. The Balaban J connectivity index is 2.46. The molecule has 0 fully saturated rings. The second-order valence-corrected chi connectivity index (χ2v) is 8.86. The number of aryl methyl sites for hydroxylation is 1. The van der Waals surface area contributed by atoms with Gasteiger partial charge in [-0.2, -0.15) is 0 Å². The Morgan fingerprint density at radius 3 is 2.51 bits per heavy atom. The van der Waals surface area contributed by atoms with E-state index in [1.807, 2.05) is 6.92 Å². The zero-order valence-corrected chi connectivity index (χ0v) is 22.3. The molecule has 6 nitrogen and oxygen atoms in total. The molecule has 2 atom stereocenters. The summed E-state index contributed by atoms with van der Waals surface area (Å²) in [5.74, 6) is -2.06. The normalized spacial score (nSPS) is 12.9. The molecule has 1 aromatic carbocycles. The third-order valence-electron chi connectivity index (χ3n) is 6.00. The van der Waals surface area contributed by atoms with Crippen molar-refractivity contribution >= 4 is 17.4 Å². The molecule has 0 aliphatic heterocycles. The number of carboxylic acids is 1. The van der Waals surface area contributed by atoms with Gasteiger partial charge in [0.05, 0.1) is 23.3 Å². The van der Waals surface area contributed by atoms with Crippen molar-refractivity contribution in [3.05, 3.63) is 114 Å². The van der Waals surface area contributed by atoms with Crippen LogP contribution in [0, 0.1) is 11.7 Å². The lowest BCUT2D eigenvalue weighted by molar-refractivity contribution is -0.141. The molecule has 0 radical (unpaired) electrons. The maximum Gasteiger partial charge on any atom is 0.306 e. The van der Waals surface area contributed by atoms with E-state index in [1.54, 1.807) is 55.5 Å². The molecule has 0 saturated carbocycles. The molecule has 206 valence electrons. The van der Waals surface area contributed by atoms with E-state index in [1.165, 1.54) is 30.6 Å². The Labute approximate surface area is 228 Å². The summed E-state index contributed by atoms with van der Waals surface area (Å²) in [4.78, 5) is 33.5. The monoisotopic (exact) mass is 535 g/mol. The molecular weight excluding hydrogens is 500 g/mol. The minimum absolute atomic E-state index is 0.305. The van der Waals surface area contributed by atoms with Gasteiger partial charge in [0.2, 0.25) is 0 Å². The molecule has 2 N–H and O–H groups in total. The lowest BCUT2D eigenvalue weighted by atomic mass is 10.0. The average molecular weight is 536 g/mol. The van der Waals surface area contributed by atoms with E-state index >= 15 is 0 Å².